The Morgan fingerprint density at radius 3 is 2.50 bits per heavy atom. The largest absolute Gasteiger partial charge is 0.385 e. The maximum Gasteiger partial charge on any atom is 0.0340 e. The Balaban J connectivity index is 0.00000144. The lowest BCUT2D eigenvalue weighted by molar-refractivity contribution is 0.607. The van der Waals surface area contributed by atoms with Crippen LogP contribution in [0.2, 0.25) is 0 Å². The molecule has 1 aromatic rings. The predicted octanol–water partition coefficient (Wildman–Crippen LogP) is 3.39. The van der Waals surface area contributed by atoms with Crippen molar-refractivity contribution in [2.45, 2.75) is 20.3 Å². The molecule has 0 fully saturated rings. The smallest absolute Gasteiger partial charge is 0.0340 e. The van der Waals surface area contributed by atoms with Crippen LogP contribution in [-0.4, -0.2) is 6.54 Å². The topological polar surface area (TPSA) is 12.0 Å². The van der Waals surface area contributed by atoms with Crippen LogP contribution in [0, 0.1) is 5.92 Å². The summed E-state index contributed by atoms with van der Waals surface area (Å²) in [5.74, 6) is 0.779. The minimum Gasteiger partial charge on any atom is -0.385 e. The highest BCUT2D eigenvalue weighted by atomic mass is 14.9. The first-order valence-electron chi connectivity index (χ1n) is 4.58. The summed E-state index contributed by atoms with van der Waals surface area (Å²) in [6.45, 7) is 5.56. The number of nitrogens with one attached hydrogen (secondary N) is 1. The van der Waals surface area contributed by atoms with Crippen molar-refractivity contribution in [1.82, 2.24) is 0 Å². The molecule has 0 spiro atoms. The zero-order valence-corrected chi connectivity index (χ0v) is 7.88. The van der Waals surface area contributed by atoms with Gasteiger partial charge in [0.15, 0.2) is 0 Å². The van der Waals surface area contributed by atoms with Gasteiger partial charge in [-0.2, -0.15) is 0 Å². The molecule has 0 unspecified atom stereocenters. The summed E-state index contributed by atoms with van der Waals surface area (Å²) in [4.78, 5) is 0. The molecule has 1 rings (SSSR count). The van der Waals surface area contributed by atoms with Gasteiger partial charge in [0.25, 0.3) is 0 Å². The molecule has 1 aromatic carbocycles. The van der Waals surface area contributed by atoms with Gasteiger partial charge in [-0.05, 0) is 24.5 Å². The normalized spacial score (nSPS) is 10.2. The molecule has 1 nitrogen and oxygen atoms in total. The minimum atomic E-state index is 0. The van der Waals surface area contributed by atoms with E-state index in [9.17, 15) is 0 Å². The number of para-hydroxylation sites is 1. The first-order valence-corrected chi connectivity index (χ1v) is 4.58. The Hall–Kier alpha value is -0.980. The molecule has 0 aliphatic heterocycles. The lowest BCUT2D eigenvalue weighted by Gasteiger charge is -2.07. The second kappa shape index (κ2) is 4.81. The van der Waals surface area contributed by atoms with Crippen molar-refractivity contribution in [1.29, 1.82) is 0 Å². The van der Waals surface area contributed by atoms with E-state index in [1.54, 1.807) is 0 Å². The maximum absolute atomic E-state index is 3.38. The first kappa shape index (κ1) is 9.11. The SMILES string of the molecule is CC(C)CCNc1ccccc1.[HH]. The van der Waals surface area contributed by atoms with E-state index in [1.807, 2.05) is 6.07 Å². The second-order valence-corrected chi connectivity index (χ2v) is 3.48. The van der Waals surface area contributed by atoms with Gasteiger partial charge in [-0.25, -0.2) is 0 Å². The van der Waals surface area contributed by atoms with Crippen LogP contribution in [-0.2, 0) is 0 Å². The van der Waals surface area contributed by atoms with Crippen LogP contribution in [0.15, 0.2) is 30.3 Å². The highest BCUT2D eigenvalue weighted by molar-refractivity contribution is 5.42. The first-order chi connectivity index (χ1) is 5.79. The Morgan fingerprint density at radius 2 is 1.92 bits per heavy atom. The van der Waals surface area contributed by atoms with Crippen molar-refractivity contribution in [2.75, 3.05) is 11.9 Å². The number of benzene rings is 1. The molecule has 0 bridgehead atoms. The summed E-state index contributed by atoms with van der Waals surface area (Å²) in [7, 11) is 0. The molecule has 68 valence electrons. The van der Waals surface area contributed by atoms with E-state index in [0.717, 1.165) is 12.5 Å². The van der Waals surface area contributed by atoms with Gasteiger partial charge in [-0.15, -0.1) is 0 Å². The van der Waals surface area contributed by atoms with Crippen LogP contribution in [0.5, 0.6) is 0 Å². The number of hydrogen-bond donors (Lipinski definition) is 1. The van der Waals surface area contributed by atoms with Crippen LogP contribution in [0.25, 0.3) is 0 Å². The van der Waals surface area contributed by atoms with Gasteiger partial charge in [-0.3, -0.25) is 0 Å². The van der Waals surface area contributed by atoms with Crippen molar-refractivity contribution in [2.24, 2.45) is 5.92 Å². The van der Waals surface area contributed by atoms with Gasteiger partial charge >= 0.3 is 0 Å². The summed E-state index contributed by atoms with van der Waals surface area (Å²) < 4.78 is 0. The molecule has 0 saturated heterocycles. The summed E-state index contributed by atoms with van der Waals surface area (Å²) in [5, 5.41) is 3.38. The van der Waals surface area contributed by atoms with Crippen LogP contribution >= 0.6 is 0 Å². The van der Waals surface area contributed by atoms with Gasteiger partial charge in [0.05, 0.1) is 0 Å². The van der Waals surface area contributed by atoms with E-state index in [1.165, 1.54) is 12.1 Å². The third-order valence-electron chi connectivity index (χ3n) is 1.82. The van der Waals surface area contributed by atoms with Crippen LogP contribution in [0.1, 0.15) is 21.7 Å². The van der Waals surface area contributed by atoms with Crippen LogP contribution < -0.4 is 5.32 Å². The van der Waals surface area contributed by atoms with Crippen molar-refractivity contribution in [3.05, 3.63) is 30.3 Å². The van der Waals surface area contributed by atoms with E-state index in [0.29, 0.717) is 0 Å². The summed E-state index contributed by atoms with van der Waals surface area (Å²) in [6.07, 6.45) is 1.23. The molecule has 0 saturated carbocycles. The number of rotatable bonds is 4. The number of anilines is 1. The molecule has 0 aromatic heterocycles. The summed E-state index contributed by atoms with van der Waals surface area (Å²) in [6, 6.07) is 10.3. The number of hydrogen-bond acceptors (Lipinski definition) is 1. The van der Waals surface area contributed by atoms with E-state index in [-0.39, 0.29) is 1.43 Å². The zero-order valence-electron chi connectivity index (χ0n) is 7.88. The highest BCUT2D eigenvalue weighted by Gasteiger charge is 1.92. The molecule has 12 heavy (non-hydrogen) atoms. The van der Waals surface area contributed by atoms with Crippen molar-refractivity contribution in [3.63, 3.8) is 0 Å². The standard InChI is InChI=1S/C11H17N.H2/c1-10(2)8-9-12-11-6-4-3-5-7-11;/h3-7,10,12H,8-9H2,1-2H3;1H. The van der Waals surface area contributed by atoms with E-state index >= 15 is 0 Å². The van der Waals surface area contributed by atoms with Crippen LogP contribution in [0.3, 0.4) is 0 Å². The average molecular weight is 165 g/mol. The molecule has 1 N–H and O–H groups in total. The molecular weight excluding hydrogens is 146 g/mol. The quantitative estimate of drug-likeness (QED) is 0.721. The zero-order chi connectivity index (χ0) is 8.81. The second-order valence-electron chi connectivity index (χ2n) is 3.48. The monoisotopic (exact) mass is 165 g/mol. The van der Waals surface area contributed by atoms with Gasteiger partial charge in [0, 0.05) is 13.7 Å². The maximum atomic E-state index is 3.38. The van der Waals surface area contributed by atoms with E-state index in [2.05, 4.69) is 43.4 Å². The van der Waals surface area contributed by atoms with Crippen molar-refractivity contribution >= 4 is 5.69 Å². The fourth-order valence-corrected chi connectivity index (χ4v) is 1.06. The fourth-order valence-electron chi connectivity index (χ4n) is 1.06. The van der Waals surface area contributed by atoms with Crippen molar-refractivity contribution in [3.8, 4) is 0 Å². The van der Waals surface area contributed by atoms with Crippen LogP contribution in [0.4, 0.5) is 5.69 Å². The average Bonchev–Trinajstić information content (AvgIpc) is 2.05. The molecule has 0 atom stereocenters. The third kappa shape index (κ3) is 3.42. The Labute approximate surface area is 76.3 Å². The molecule has 0 aliphatic rings. The fraction of sp³-hybridized carbons (Fsp3) is 0.455. The Bertz CT molecular complexity index is 209. The van der Waals surface area contributed by atoms with Gasteiger partial charge < -0.3 is 5.32 Å². The molecule has 0 radical (unpaired) electrons. The van der Waals surface area contributed by atoms with Crippen molar-refractivity contribution < 1.29 is 1.43 Å². The summed E-state index contributed by atoms with van der Waals surface area (Å²) in [5.41, 5.74) is 1.22. The molecule has 0 amide bonds. The third-order valence-corrected chi connectivity index (χ3v) is 1.82. The van der Waals surface area contributed by atoms with Gasteiger partial charge in [0.1, 0.15) is 0 Å². The highest BCUT2D eigenvalue weighted by Crippen LogP contribution is 2.06. The van der Waals surface area contributed by atoms with Gasteiger partial charge in [-0.1, -0.05) is 32.0 Å². The molecule has 1 heteroatoms. The lowest BCUT2D eigenvalue weighted by atomic mass is 10.1. The Kier molecular flexibility index (Phi) is 3.65. The predicted molar refractivity (Wildman–Crippen MR) is 56.5 cm³/mol. The molecule has 0 aliphatic carbocycles. The summed E-state index contributed by atoms with van der Waals surface area (Å²) >= 11 is 0. The molecule has 0 heterocycles. The minimum absolute atomic E-state index is 0. The lowest BCUT2D eigenvalue weighted by Crippen LogP contribution is -2.04. The Morgan fingerprint density at radius 1 is 1.25 bits per heavy atom. The van der Waals surface area contributed by atoms with E-state index < -0.39 is 0 Å². The van der Waals surface area contributed by atoms with E-state index in [4.69, 9.17) is 0 Å². The van der Waals surface area contributed by atoms with Gasteiger partial charge in [0.2, 0.25) is 0 Å². The molecular formula is C11H19N.